The second-order valence-corrected chi connectivity index (χ2v) is 6.05. The summed E-state index contributed by atoms with van der Waals surface area (Å²) in [5.74, 6) is -0.0551. The van der Waals surface area contributed by atoms with Gasteiger partial charge < -0.3 is 11.1 Å². The number of carbonyl (C=O) groups is 1. The van der Waals surface area contributed by atoms with Crippen molar-refractivity contribution in [1.29, 1.82) is 0 Å². The van der Waals surface area contributed by atoms with Gasteiger partial charge in [0.1, 0.15) is 0 Å². The fourth-order valence-electron chi connectivity index (χ4n) is 2.28. The zero-order valence-corrected chi connectivity index (χ0v) is 11.6. The van der Waals surface area contributed by atoms with E-state index < -0.39 is 0 Å². The molecule has 1 amide bonds. The van der Waals surface area contributed by atoms with Crippen LogP contribution in [-0.4, -0.2) is 18.2 Å². The Morgan fingerprint density at radius 1 is 1.33 bits per heavy atom. The molecule has 3 N–H and O–H groups in total. The molecule has 0 spiro atoms. The smallest absolute Gasteiger partial charge is 0.251 e. The number of nitrogen functional groups attached to an aromatic ring is 1. The van der Waals surface area contributed by atoms with E-state index in [1.165, 1.54) is 32.1 Å². The predicted octanol–water partition coefficient (Wildman–Crippen LogP) is 3.05. The van der Waals surface area contributed by atoms with Crippen LogP contribution < -0.4 is 11.1 Å². The highest BCUT2D eigenvalue weighted by Crippen LogP contribution is 2.36. The molecule has 0 saturated heterocycles. The maximum Gasteiger partial charge on any atom is 0.251 e. The van der Waals surface area contributed by atoms with Crippen LogP contribution in [0.3, 0.4) is 0 Å². The lowest BCUT2D eigenvalue weighted by atomic mass is 10.0. The molecule has 1 aromatic rings. The van der Waals surface area contributed by atoms with Crippen molar-refractivity contribution in [3.63, 3.8) is 0 Å². The maximum absolute atomic E-state index is 11.6. The van der Waals surface area contributed by atoms with E-state index in [2.05, 4.69) is 5.32 Å². The van der Waals surface area contributed by atoms with E-state index >= 15 is 0 Å². The standard InChI is InChI=1S/C14H20N2OS/c1-16-14(17)10-7-8-12(15)13(9-10)18-11-5-3-2-4-6-11/h7-9,11H,2-6,15H2,1H3,(H,16,17). The minimum Gasteiger partial charge on any atom is -0.398 e. The van der Waals surface area contributed by atoms with Gasteiger partial charge in [-0.2, -0.15) is 0 Å². The van der Waals surface area contributed by atoms with Gasteiger partial charge in [-0.1, -0.05) is 19.3 Å². The Labute approximate surface area is 113 Å². The van der Waals surface area contributed by atoms with Crippen molar-refractivity contribution in [2.75, 3.05) is 12.8 Å². The fourth-order valence-corrected chi connectivity index (χ4v) is 3.61. The highest BCUT2D eigenvalue weighted by atomic mass is 32.2. The van der Waals surface area contributed by atoms with E-state index in [0.717, 1.165) is 10.6 Å². The molecule has 0 heterocycles. The number of carbonyl (C=O) groups excluding carboxylic acids is 1. The first-order chi connectivity index (χ1) is 8.70. The summed E-state index contributed by atoms with van der Waals surface area (Å²) in [4.78, 5) is 12.7. The average molecular weight is 264 g/mol. The van der Waals surface area contributed by atoms with Crippen molar-refractivity contribution in [2.45, 2.75) is 42.2 Å². The summed E-state index contributed by atoms with van der Waals surface area (Å²) in [6.07, 6.45) is 6.49. The molecular weight excluding hydrogens is 244 g/mol. The van der Waals surface area contributed by atoms with Gasteiger partial charge >= 0.3 is 0 Å². The molecule has 1 aliphatic carbocycles. The lowest BCUT2D eigenvalue weighted by Gasteiger charge is -2.21. The average Bonchev–Trinajstić information content (AvgIpc) is 2.41. The first-order valence-electron chi connectivity index (χ1n) is 6.49. The van der Waals surface area contributed by atoms with Crippen molar-refractivity contribution in [2.24, 2.45) is 0 Å². The summed E-state index contributed by atoms with van der Waals surface area (Å²) in [5.41, 5.74) is 7.46. The van der Waals surface area contributed by atoms with Gasteiger partial charge in [0, 0.05) is 28.4 Å². The molecule has 4 heteroatoms. The minimum absolute atomic E-state index is 0.0551. The summed E-state index contributed by atoms with van der Waals surface area (Å²) in [6, 6.07) is 5.52. The van der Waals surface area contributed by atoms with Crippen LogP contribution in [0.25, 0.3) is 0 Å². The molecule has 0 atom stereocenters. The van der Waals surface area contributed by atoms with Gasteiger partial charge in [0.25, 0.3) is 5.91 Å². The quantitative estimate of drug-likeness (QED) is 0.825. The highest BCUT2D eigenvalue weighted by molar-refractivity contribution is 8.00. The van der Waals surface area contributed by atoms with Crippen molar-refractivity contribution in [1.82, 2.24) is 5.32 Å². The molecule has 98 valence electrons. The number of nitrogens with two attached hydrogens (primary N) is 1. The minimum atomic E-state index is -0.0551. The van der Waals surface area contributed by atoms with Crippen LogP contribution in [0.15, 0.2) is 23.1 Å². The number of rotatable bonds is 3. The van der Waals surface area contributed by atoms with Gasteiger partial charge in [0.05, 0.1) is 0 Å². The predicted molar refractivity (Wildman–Crippen MR) is 77.0 cm³/mol. The first-order valence-corrected chi connectivity index (χ1v) is 7.37. The normalized spacial score (nSPS) is 16.5. The third-order valence-electron chi connectivity index (χ3n) is 3.35. The Morgan fingerprint density at radius 3 is 2.72 bits per heavy atom. The van der Waals surface area contributed by atoms with Gasteiger partial charge in [0.15, 0.2) is 0 Å². The molecule has 0 aromatic heterocycles. The lowest BCUT2D eigenvalue weighted by molar-refractivity contribution is 0.0963. The second kappa shape index (κ2) is 6.14. The molecule has 0 bridgehead atoms. The molecule has 1 aromatic carbocycles. The summed E-state index contributed by atoms with van der Waals surface area (Å²) < 4.78 is 0. The van der Waals surface area contributed by atoms with Gasteiger partial charge in [-0.15, -0.1) is 11.8 Å². The van der Waals surface area contributed by atoms with Crippen molar-refractivity contribution in [3.05, 3.63) is 23.8 Å². The fraction of sp³-hybridized carbons (Fsp3) is 0.500. The number of anilines is 1. The number of amides is 1. The summed E-state index contributed by atoms with van der Waals surface area (Å²) in [6.45, 7) is 0. The van der Waals surface area contributed by atoms with Gasteiger partial charge in [-0.05, 0) is 31.0 Å². The summed E-state index contributed by atoms with van der Waals surface area (Å²) >= 11 is 1.83. The molecule has 18 heavy (non-hydrogen) atoms. The third kappa shape index (κ3) is 3.19. The Kier molecular flexibility index (Phi) is 4.53. The largest absolute Gasteiger partial charge is 0.398 e. The molecule has 2 rings (SSSR count). The van der Waals surface area contributed by atoms with Crippen LogP contribution in [0, 0.1) is 0 Å². The Bertz CT molecular complexity index is 428. The van der Waals surface area contributed by atoms with Gasteiger partial charge in [0.2, 0.25) is 0 Å². The number of nitrogens with one attached hydrogen (secondary N) is 1. The van der Waals surface area contributed by atoms with Crippen LogP contribution in [-0.2, 0) is 0 Å². The molecule has 3 nitrogen and oxygen atoms in total. The Balaban J connectivity index is 2.12. The number of benzene rings is 1. The molecule has 0 unspecified atom stereocenters. The zero-order valence-electron chi connectivity index (χ0n) is 10.7. The van der Waals surface area contributed by atoms with Crippen LogP contribution in [0.4, 0.5) is 5.69 Å². The van der Waals surface area contributed by atoms with E-state index in [0.29, 0.717) is 10.8 Å². The molecule has 1 fully saturated rings. The molecule has 1 aliphatic rings. The highest BCUT2D eigenvalue weighted by Gasteiger charge is 2.16. The topological polar surface area (TPSA) is 55.1 Å². The summed E-state index contributed by atoms with van der Waals surface area (Å²) in [5, 5.41) is 3.30. The van der Waals surface area contributed by atoms with Gasteiger partial charge in [-0.3, -0.25) is 4.79 Å². The number of thioether (sulfide) groups is 1. The van der Waals surface area contributed by atoms with Crippen LogP contribution >= 0.6 is 11.8 Å². The molecular formula is C14H20N2OS. The van der Waals surface area contributed by atoms with Crippen molar-refractivity contribution in [3.8, 4) is 0 Å². The van der Waals surface area contributed by atoms with E-state index in [-0.39, 0.29) is 5.91 Å². The molecule has 0 radical (unpaired) electrons. The molecule has 0 aliphatic heterocycles. The zero-order chi connectivity index (χ0) is 13.0. The van der Waals surface area contributed by atoms with Crippen molar-refractivity contribution < 1.29 is 4.79 Å². The number of hydrogen-bond donors (Lipinski definition) is 2. The van der Waals surface area contributed by atoms with Crippen LogP contribution in [0.5, 0.6) is 0 Å². The summed E-state index contributed by atoms with van der Waals surface area (Å²) in [7, 11) is 1.65. The van der Waals surface area contributed by atoms with Crippen LogP contribution in [0.1, 0.15) is 42.5 Å². The van der Waals surface area contributed by atoms with E-state index in [9.17, 15) is 4.79 Å². The monoisotopic (exact) mass is 264 g/mol. The maximum atomic E-state index is 11.6. The van der Waals surface area contributed by atoms with E-state index in [1.54, 1.807) is 13.1 Å². The van der Waals surface area contributed by atoms with Crippen molar-refractivity contribution >= 4 is 23.4 Å². The Hall–Kier alpha value is -1.16. The molecule has 1 saturated carbocycles. The lowest BCUT2D eigenvalue weighted by Crippen LogP contribution is -2.18. The van der Waals surface area contributed by atoms with E-state index in [1.807, 2.05) is 23.9 Å². The van der Waals surface area contributed by atoms with Gasteiger partial charge in [-0.25, -0.2) is 0 Å². The second-order valence-electron chi connectivity index (χ2n) is 4.71. The van der Waals surface area contributed by atoms with E-state index in [4.69, 9.17) is 5.73 Å². The van der Waals surface area contributed by atoms with Crippen LogP contribution in [0.2, 0.25) is 0 Å². The SMILES string of the molecule is CNC(=O)c1ccc(N)c(SC2CCCCC2)c1. The first kappa shape index (κ1) is 13.3. The number of hydrogen-bond acceptors (Lipinski definition) is 3. The Morgan fingerprint density at radius 2 is 2.06 bits per heavy atom. The third-order valence-corrected chi connectivity index (χ3v) is 4.76.